The van der Waals surface area contributed by atoms with Gasteiger partial charge in [-0.2, -0.15) is 0 Å². The summed E-state index contributed by atoms with van der Waals surface area (Å²) in [6.45, 7) is 6.22. The van der Waals surface area contributed by atoms with E-state index in [9.17, 15) is 9.59 Å². The average Bonchev–Trinajstić information content (AvgIpc) is 2.95. The Morgan fingerprint density at radius 2 is 2.00 bits per heavy atom. The minimum absolute atomic E-state index is 0.0237. The maximum absolute atomic E-state index is 12.8. The predicted molar refractivity (Wildman–Crippen MR) is 109 cm³/mol. The maximum Gasteiger partial charge on any atom is 0.329 e. The Morgan fingerprint density at radius 1 is 1.25 bits per heavy atom. The second kappa shape index (κ2) is 9.15. The molecule has 0 atom stereocenters. The number of benzene rings is 1. The van der Waals surface area contributed by atoms with Gasteiger partial charge in [0.15, 0.2) is 11.5 Å². The van der Waals surface area contributed by atoms with Crippen LogP contribution in [0.15, 0.2) is 30.5 Å². The molecule has 1 saturated carbocycles. The van der Waals surface area contributed by atoms with E-state index in [1.54, 1.807) is 24.3 Å². The number of urea groups is 1. The van der Waals surface area contributed by atoms with Crippen LogP contribution in [0.5, 0.6) is 11.5 Å². The van der Waals surface area contributed by atoms with Gasteiger partial charge >= 0.3 is 6.03 Å². The summed E-state index contributed by atoms with van der Waals surface area (Å²) >= 11 is 6.36. The number of halogens is 1. The molecule has 2 fully saturated rings. The second-order valence-electron chi connectivity index (χ2n) is 6.82. The first kappa shape index (κ1) is 20.3. The summed E-state index contributed by atoms with van der Waals surface area (Å²) in [7, 11) is 0. The fourth-order valence-corrected chi connectivity index (χ4v) is 3.88. The Bertz CT molecular complexity index is 800. The summed E-state index contributed by atoms with van der Waals surface area (Å²) in [6.07, 6.45) is 8.20. The molecule has 0 spiro atoms. The normalized spacial score (nSPS) is 19.1. The van der Waals surface area contributed by atoms with Gasteiger partial charge in [-0.3, -0.25) is 9.69 Å². The van der Waals surface area contributed by atoms with Crippen molar-refractivity contribution in [2.75, 3.05) is 13.2 Å². The van der Waals surface area contributed by atoms with Crippen molar-refractivity contribution in [2.45, 2.75) is 45.1 Å². The standard InChI is InChI=1S/C21H25ClN2O4/c1-3-10-28-19-16(22)11-14(13-18(19)27-4-2)12-17-20(25)24(21(26)23-17)15-8-6-5-7-9-15/h3,11-13,15H,1,4-10H2,2H3,(H,23,26)/b17-12-. The van der Waals surface area contributed by atoms with Gasteiger partial charge < -0.3 is 14.8 Å². The van der Waals surface area contributed by atoms with Crippen LogP contribution < -0.4 is 14.8 Å². The highest BCUT2D eigenvalue weighted by molar-refractivity contribution is 6.32. The number of carbonyl (C=O) groups excluding carboxylic acids is 2. The average molecular weight is 405 g/mol. The second-order valence-corrected chi connectivity index (χ2v) is 7.23. The molecule has 28 heavy (non-hydrogen) atoms. The molecular formula is C21H25ClN2O4. The molecule has 0 radical (unpaired) electrons. The van der Waals surface area contributed by atoms with Crippen molar-refractivity contribution in [1.29, 1.82) is 0 Å². The highest BCUT2D eigenvalue weighted by atomic mass is 35.5. The number of hydrogen-bond acceptors (Lipinski definition) is 4. The Kier molecular flexibility index (Phi) is 6.62. The quantitative estimate of drug-likeness (QED) is 0.412. The zero-order valence-electron chi connectivity index (χ0n) is 16.0. The smallest absolute Gasteiger partial charge is 0.329 e. The van der Waals surface area contributed by atoms with Gasteiger partial charge in [-0.1, -0.05) is 43.5 Å². The number of ether oxygens (including phenoxy) is 2. The molecule has 1 N–H and O–H groups in total. The van der Waals surface area contributed by atoms with Crippen LogP contribution >= 0.6 is 11.6 Å². The summed E-state index contributed by atoms with van der Waals surface area (Å²) in [5.74, 6) is 0.610. The van der Waals surface area contributed by atoms with Crippen LogP contribution in [0.1, 0.15) is 44.6 Å². The van der Waals surface area contributed by atoms with E-state index in [4.69, 9.17) is 21.1 Å². The van der Waals surface area contributed by atoms with Gasteiger partial charge in [0.05, 0.1) is 11.6 Å². The van der Waals surface area contributed by atoms with Gasteiger partial charge in [0.25, 0.3) is 5.91 Å². The number of rotatable bonds is 7. The van der Waals surface area contributed by atoms with Crippen molar-refractivity contribution in [2.24, 2.45) is 0 Å². The van der Waals surface area contributed by atoms with Gasteiger partial charge in [0.2, 0.25) is 0 Å². The summed E-state index contributed by atoms with van der Waals surface area (Å²) < 4.78 is 11.2. The van der Waals surface area contributed by atoms with Crippen LogP contribution in [0.3, 0.4) is 0 Å². The predicted octanol–water partition coefficient (Wildman–Crippen LogP) is 4.53. The molecule has 1 saturated heterocycles. The van der Waals surface area contributed by atoms with Gasteiger partial charge in [0, 0.05) is 6.04 Å². The van der Waals surface area contributed by atoms with Gasteiger partial charge in [-0.15, -0.1) is 0 Å². The van der Waals surface area contributed by atoms with E-state index in [-0.39, 0.29) is 23.7 Å². The lowest BCUT2D eigenvalue weighted by atomic mass is 9.94. The lowest BCUT2D eigenvalue weighted by Crippen LogP contribution is -2.41. The van der Waals surface area contributed by atoms with Crippen molar-refractivity contribution in [1.82, 2.24) is 10.2 Å². The summed E-state index contributed by atoms with van der Waals surface area (Å²) in [5.41, 5.74) is 0.891. The van der Waals surface area contributed by atoms with Crippen LogP contribution in [0, 0.1) is 0 Å². The van der Waals surface area contributed by atoms with E-state index in [1.165, 1.54) is 4.90 Å². The molecule has 7 heteroatoms. The summed E-state index contributed by atoms with van der Waals surface area (Å²) in [4.78, 5) is 26.5. The first-order chi connectivity index (χ1) is 13.5. The van der Waals surface area contributed by atoms with Crippen LogP contribution in [-0.2, 0) is 4.79 Å². The molecular weight excluding hydrogens is 380 g/mol. The van der Waals surface area contributed by atoms with E-state index < -0.39 is 0 Å². The molecule has 0 bridgehead atoms. The molecule has 1 aromatic carbocycles. The molecule has 0 aromatic heterocycles. The first-order valence-corrected chi connectivity index (χ1v) is 9.99. The van der Waals surface area contributed by atoms with Crippen molar-refractivity contribution >= 4 is 29.6 Å². The van der Waals surface area contributed by atoms with E-state index in [0.29, 0.717) is 35.3 Å². The fourth-order valence-electron chi connectivity index (χ4n) is 3.60. The number of carbonyl (C=O) groups is 2. The Balaban J connectivity index is 1.87. The molecule has 2 aliphatic rings. The lowest BCUT2D eigenvalue weighted by Gasteiger charge is -2.28. The van der Waals surface area contributed by atoms with Crippen LogP contribution in [0.2, 0.25) is 5.02 Å². The molecule has 150 valence electrons. The molecule has 3 amide bonds. The number of amides is 3. The van der Waals surface area contributed by atoms with Crippen LogP contribution in [-0.4, -0.2) is 36.1 Å². The molecule has 1 aliphatic heterocycles. The lowest BCUT2D eigenvalue weighted by molar-refractivity contribution is -0.124. The fraction of sp³-hybridized carbons (Fsp3) is 0.429. The molecule has 1 heterocycles. The minimum Gasteiger partial charge on any atom is -0.490 e. The van der Waals surface area contributed by atoms with E-state index in [1.807, 2.05) is 6.92 Å². The van der Waals surface area contributed by atoms with E-state index >= 15 is 0 Å². The van der Waals surface area contributed by atoms with Gasteiger partial charge in [-0.05, 0) is 43.5 Å². The van der Waals surface area contributed by atoms with Crippen molar-refractivity contribution in [3.05, 3.63) is 41.1 Å². The highest BCUT2D eigenvalue weighted by Gasteiger charge is 2.38. The Labute approximate surface area is 170 Å². The van der Waals surface area contributed by atoms with Crippen molar-refractivity contribution in [3.8, 4) is 11.5 Å². The van der Waals surface area contributed by atoms with Crippen molar-refractivity contribution in [3.63, 3.8) is 0 Å². The SMILES string of the molecule is C=CCOc1c(Cl)cc(/C=C2\NC(=O)N(C3CCCCC3)C2=O)cc1OCC. The zero-order valence-corrected chi connectivity index (χ0v) is 16.8. The summed E-state index contributed by atoms with van der Waals surface area (Å²) in [5, 5.41) is 3.05. The molecule has 0 unspecified atom stereocenters. The number of nitrogens with zero attached hydrogens (tertiary/aromatic N) is 1. The van der Waals surface area contributed by atoms with Crippen LogP contribution in [0.4, 0.5) is 4.79 Å². The third-order valence-corrected chi connectivity index (χ3v) is 5.12. The third-order valence-electron chi connectivity index (χ3n) is 4.84. The first-order valence-electron chi connectivity index (χ1n) is 9.61. The number of hydrogen-bond donors (Lipinski definition) is 1. The maximum atomic E-state index is 12.8. The number of imide groups is 1. The van der Waals surface area contributed by atoms with Crippen LogP contribution in [0.25, 0.3) is 6.08 Å². The summed E-state index contributed by atoms with van der Waals surface area (Å²) in [6, 6.07) is 3.04. The van der Waals surface area contributed by atoms with Gasteiger partial charge in [0.1, 0.15) is 12.3 Å². The number of nitrogens with one attached hydrogen (secondary N) is 1. The third kappa shape index (κ3) is 4.33. The molecule has 6 nitrogen and oxygen atoms in total. The zero-order chi connectivity index (χ0) is 20.1. The minimum atomic E-state index is -0.356. The topological polar surface area (TPSA) is 67.9 Å². The monoisotopic (exact) mass is 404 g/mol. The molecule has 3 rings (SSSR count). The largest absolute Gasteiger partial charge is 0.490 e. The Morgan fingerprint density at radius 3 is 2.68 bits per heavy atom. The van der Waals surface area contributed by atoms with E-state index in [2.05, 4.69) is 11.9 Å². The molecule has 1 aromatic rings. The molecule has 1 aliphatic carbocycles. The highest BCUT2D eigenvalue weighted by Crippen LogP contribution is 2.37. The Hall–Kier alpha value is -2.47. The van der Waals surface area contributed by atoms with E-state index in [0.717, 1.165) is 32.1 Å². The van der Waals surface area contributed by atoms with Gasteiger partial charge in [-0.25, -0.2) is 4.79 Å². The van der Waals surface area contributed by atoms with Crippen molar-refractivity contribution < 1.29 is 19.1 Å².